The number of rotatable bonds is 6. The van der Waals surface area contributed by atoms with E-state index >= 15 is 0 Å². The molecule has 3 aliphatic heterocycles. The lowest BCUT2D eigenvalue weighted by molar-refractivity contribution is -0.0817. The normalized spacial score (nSPS) is 27.1. The Balaban J connectivity index is 0.00000240. The quantitative estimate of drug-likeness (QED) is 0.355. The summed E-state index contributed by atoms with van der Waals surface area (Å²) in [6.07, 6.45) is 6.88. The Morgan fingerprint density at radius 2 is 2.00 bits per heavy atom. The first-order valence-corrected chi connectivity index (χ1v) is 10.9. The Morgan fingerprint density at radius 1 is 1.17 bits per heavy atom. The van der Waals surface area contributed by atoms with E-state index in [-0.39, 0.29) is 42.2 Å². The van der Waals surface area contributed by atoms with Crippen LogP contribution in [0.1, 0.15) is 44.4 Å². The molecule has 0 radical (unpaired) electrons. The number of guanidine groups is 1. The van der Waals surface area contributed by atoms with Crippen LogP contribution in [0.2, 0.25) is 0 Å². The monoisotopic (exact) mass is 518 g/mol. The average molecular weight is 518 g/mol. The van der Waals surface area contributed by atoms with Gasteiger partial charge in [-0.25, -0.2) is 0 Å². The molecule has 29 heavy (non-hydrogen) atoms. The number of halogens is 1. The summed E-state index contributed by atoms with van der Waals surface area (Å²) in [5, 5.41) is 3.49. The van der Waals surface area contributed by atoms with E-state index in [4.69, 9.17) is 18.9 Å². The zero-order chi connectivity index (χ0) is 19.2. The smallest absolute Gasteiger partial charge is 0.194 e. The van der Waals surface area contributed by atoms with Crippen LogP contribution in [0.3, 0.4) is 0 Å². The molecular formula is C21H35IN4O3. The second-order valence-electron chi connectivity index (χ2n) is 7.88. The average Bonchev–Trinajstić information content (AvgIpc) is 3.51. The summed E-state index contributed by atoms with van der Waals surface area (Å²) in [6.45, 7) is 9.22. The van der Waals surface area contributed by atoms with Crippen molar-refractivity contribution >= 4 is 29.9 Å². The fourth-order valence-electron chi connectivity index (χ4n) is 4.51. The van der Waals surface area contributed by atoms with Gasteiger partial charge in [-0.05, 0) is 57.8 Å². The van der Waals surface area contributed by atoms with Crippen LogP contribution in [0.15, 0.2) is 27.8 Å². The minimum absolute atomic E-state index is 0. The molecule has 0 bridgehead atoms. The number of furan rings is 1. The highest BCUT2D eigenvalue weighted by Gasteiger charge is 2.32. The molecule has 1 aromatic rings. The lowest BCUT2D eigenvalue weighted by Crippen LogP contribution is -2.53. The topological polar surface area (TPSA) is 62.5 Å². The molecule has 3 fully saturated rings. The largest absolute Gasteiger partial charge is 0.468 e. The fraction of sp³-hybridized carbons (Fsp3) is 0.762. The first kappa shape index (κ1) is 22.8. The molecule has 4 heterocycles. The van der Waals surface area contributed by atoms with Crippen LogP contribution < -0.4 is 5.32 Å². The van der Waals surface area contributed by atoms with Gasteiger partial charge in [0.1, 0.15) is 11.9 Å². The summed E-state index contributed by atoms with van der Waals surface area (Å²) in [7, 11) is 0. The van der Waals surface area contributed by atoms with Crippen LogP contribution >= 0.6 is 24.0 Å². The van der Waals surface area contributed by atoms with E-state index in [9.17, 15) is 0 Å². The van der Waals surface area contributed by atoms with Gasteiger partial charge in [-0.2, -0.15) is 0 Å². The third-order valence-electron chi connectivity index (χ3n) is 5.97. The highest BCUT2D eigenvalue weighted by atomic mass is 127. The maximum absolute atomic E-state index is 6.01. The molecule has 1 aromatic heterocycles. The molecule has 4 rings (SSSR count). The molecule has 164 valence electrons. The Hall–Kier alpha value is -0.840. The van der Waals surface area contributed by atoms with Crippen LogP contribution in [-0.4, -0.2) is 80.4 Å². The van der Waals surface area contributed by atoms with Gasteiger partial charge in [0.2, 0.25) is 0 Å². The molecule has 0 spiro atoms. The summed E-state index contributed by atoms with van der Waals surface area (Å²) in [6, 6.07) is 4.26. The minimum atomic E-state index is 0. The van der Waals surface area contributed by atoms with Gasteiger partial charge < -0.3 is 24.1 Å². The van der Waals surface area contributed by atoms with Crippen molar-refractivity contribution in [1.29, 1.82) is 0 Å². The molecule has 0 aromatic carbocycles. The van der Waals surface area contributed by atoms with Gasteiger partial charge in [-0.1, -0.05) is 0 Å². The number of ether oxygens (including phenoxy) is 2. The maximum atomic E-state index is 6.01. The summed E-state index contributed by atoms with van der Waals surface area (Å²) in [5.74, 6) is 1.99. The van der Waals surface area contributed by atoms with E-state index in [1.54, 1.807) is 6.26 Å². The number of aliphatic imine (C=N–C) groups is 1. The van der Waals surface area contributed by atoms with Gasteiger partial charge >= 0.3 is 0 Å². The van der Waals surface area contributed by atoms with E-state index in [1.165, 1.54) is 12.8 Å². The fourth-order valence-corrected chi connectivity index (χ4v) is 4.51. The number of morpholine rings is 1. The summed E-state index contributed by atoms with van der Waals surface area (Å²) in [5.41, 5.74) is 0. The Bertz CT molecular complexity index is 615. The zero-order valence-corrected chi connectivity index (χ0v) is 19.8. The number of nitrogens with zero attached hydrogens (tertiary/aromatic N) is 3. The van der Waals surface area contributed by atoms with Gasteiger partial charge in [0.05, 0.1) is 31.6 Å². The summed E-state index contributed by atoms with van der Waals surface area (Å²) < 4.78 is 17.6. The first-order valence-electron chi connectivity index (χ1n) is 10.9. The van der Waals surface area contributed by atoms with E-state index in [2.05, 4.69) is 28.1 Å². The van der Waals surface area contributed by atoms with Crippen LogP contribution in [0.5, 0.6) is 0 Å². The number of likely N-dealkylation sites (tertiary alicyclic amines) is 1. The third-order valence-corrected chi connectivity index (χ3v) is 5.97. The van der Waals surface area contributed by atoms with E-state index < -0.39 is 0 Å². The highest BCUT2D eigenvalue weighted by molar-refractivity contribution is 14.0. The summed E-state index contributed by atoms with van der Waals surface area (Å²) >= 11 is 0. The molecule has 0 saturated carbocycles. The van der Waals surface area contributed by atoms with E-state index in [1.807, 2.05) is 6.07 Å². The third kappa shape index (κ3) is 5.86. The van der Waals surface area contributed by atoms with Crippen molar-refractivity contribution in [2.75, 3.05) is 52.5 Å². The van der Waals surface area contributed by atoms with Gasteiger partial charge in [0.15, 0.2) is 5.96 Å². The van der Waals surface area contributed by atoms with Gasteiger partial charge in [0.25, 0.3) is 0 Å². The zero-order valence-electron chi connectivity index (χ0n) is 17.4. The van der Waals surface area contributed by atoms with Crippen molar-refractivity contribution < 1.29 is 13.9 Å². The molecule has 0 aliphatic carbocycles. The van der Waals surface area contributed by atoms with Crippen molar-refractivity contribution in [1.82, 2.24) is 15.1 Å². The lowest BCUT2D eigenvalue weighted by atomic mass is 10.1. The van der Waals surface area contributed by atoms with Crippen molar-refractivity contribution in [3.63, 3.8) is 0 Å². The Kier molecular flexibility index (Phi) is 9.08. The lowest BCUT2D eigenvalue weighted by Gasteiger charge is -2.37. The molecule has 3 aliphatic rings. The highest BCUT2D eigenvalue weighted by Crippen LogP contribution is 2.26. The van der Waals surface area contributed by atoms with E-state index in [0.29, 0.717) is 6.54 Å². The van der Waals surface area contributed by atoms with Crippen LogP contribution in [0, 0.1) is 0 Å². The first-order chi connectivity index (χ1) is 13.8. The van der Waals surface area contributed by atoms with Crippen molar-refractivity contribution in [3.8, 4) is 0 Å². The maximum Gasteiger partial charge on any atom is 0.194 e. The van der Waals surface area contributed by atoms with Gasteiger partial charge in [-0.3, -0.25) is 9.89 Å². The molecule has 7 nitrogen and oxygen atoms in total. The van der Waals surface area contributed by atoms with Gasteiger partial charge in [-0.15, -0.1) is 24.0 Å². The molecule has 8 heteroatoms. The van der Waals surface area contributed by atoms with E-state index in [0.717, 1.165) is 70.5 Å². The molecular weight excluding hydrogens is 483 g/mol. The van der Waals surface area contributed by atoms with Crippen molar-refractivity contribution in [2.24, 2.45) is 4.99 Å². The van der Waals surface area contributed by atoms with Gasteiger partial charge in [0, 0.05) is 26.2 Å². The number of nitrogens with one attached hydrogen (secondary N) is 1. The second kappa shape index (κ2) is 11.5. The SMILES string of the molecule is CCNC(=NCC(c1ccco1)N1CCCC1)N1CCOC(C2CCCO2)C1.I. The standard InChI is InChI=1S/C21H34N4O3.HI/c1-2-22-21(25-11-14-28-20(16-25)19-8-6-13-27-19)23-15-17(18-7-5-12-26-18)24-9-3-4-10-24;/h5,7,12,17,19-20H,2-4,6,8-11,13-16H2,1H3,(H,22,23);1H. The molecule has 1 N–H and O–H groups in total. The molecule has 3 saturated heterocycles. The van der Waals surface area contributed by atoms with Crippen LogP contribution in [0.25, 0.3) is 0 Å². The minimum Gasteiger partial charge on any atom is -0.468 e. The van der Waals surface area contributed by atoms with Crippen molar-refractivity contribution in [3.05, 3.63) is 24.2 Å². The van der Waals surface area contributed by atoms with Crippen LogP contribution in [0.4, 0.5) is 0 Å². The second-order valence-corrected chi connectivity index (χ2v) is 7.88. The predicted octanol–water partition coefficient (Wildman–Crippen LogP) is 2.88. The number of hydrogen-bond donors (Lipinski definition) is 1. The number of hydrogen-bond acceptors (Lipinski definition) is 5. The van der Waals surface area contributed by atoms with Crippen LogP contribution in [-0.2, 0) is 9.47 Å². The Morgan fingerprint density at radius 3 is 2.69 bits per heavy atom. The molecule has 3 unspecified atom stereocenters. The predicted molar refractivity (Wildman–Crippen MR) is 124 cm³/mol. The van der Waals surface area contributed by atoms with Crippen molar-refractivity contribution in [2.45, 2.75) is 50.9 Å². The molecule has 3 atom stereocenters. The molecule has 0 amide bonds. The summed E-state index contributed by atoms with van der Waals surface area (Å²) in [4.78, 5) is 9.87. The Labute approximate surface area is 191 Å².